The second-order valence-electron chi connectivity index (χ2n) is 1.90. The van der Waals surface area contributed by atoms with Crippen LogP contribution in [0.3, 0.4) is 0 Å². The molecule has 0 atom stereocenters. The molecule has 0 unspecified atom stereocenters. The van der Waals surface area contributed by atoms with Gasteiger partial charge in [0.05, 0.1) is 7.11 Å². The van der Waals surface area contributed by atoms with Crippen LogP contribution in [-0.2, 0) is 0 Å². The number of carboxylic acid groups (broad SMARTS) is 1. The number of carbonyl (C=O) groups is 1. The lowest BCUT2D eigenvalue weighted by atomic mass is 10.5. The molecule has 1 heterocycles. The molecule has 11 heavy (non-hydrogen) atoms. The van der Waals surface area contributed by atoms with E-state index in [4.69, 9.17) is 9.52 Å². The monoisotopic (exact) mass is 157 g/mol. The molecule has 0 aliphatic heterocycles. The van der Waals surface area contributed by atoms with Gasteiger partial charge in [-0.15, -0.1) is 0 Å². The fourth-order valence-corrected chi connectivity index (χ4v) is 0.663. The number of ether oxygens (including phenoxy) is 1. The SMILES string of the molecule is COc1oc(C(=O)O)nc1C. The van der Waals surface area contributed by atoms with Crippen molar-refractivity contribution in [1.29, 1.82) is 0 Å². The first-order valence-corrected chi connectivity index (χ1v) is 2.90. The second kappa shape index (κ2) is 2.61. The van der Waals surface area contributed by atoms with Gasteiger partial charge in [-0.25, -0.2) is 9.78 Å². The topological polar surface area (TPSA) is 72.6 Å². The van der Waals surface area contributed by atoms with Crippen molar-refractivity contribution < 1.29 is 19.1 Å². The van der Waals surface area contributed by atoms with Crippen molar-refractivity contribution in [3.05, 3.63) is 11.6 Å². The Morgan fingerprint density at radius 2 is 2.36 bits per heavy atom. The van der Waals surface area contributed by atoms with Crippen LogP contribution >= 0.6 is 0 Å². The Morgan fingerprint density at radius 1 is 1.73 bits per heavy atom. The van der Waals surface area contributed by atoms with E-state index in [0.29, 0.717) is 5.69 Å². The summed E-state index contributed by atoms with van der Waals surface area (Å²) in [6.07, 6.45) is 0. The first-order valence-electron chi connectivity index (χ1n) is 2.90. The molecule has 0 aromatic carbocycles. The third-order valence-corrected chi connectivity index (χ3v) is 1.12. The summed E-state index contributed by atoms with van der Waals surface area (Å²) in [5.74, 6) is -1.40. The molecule has 1 N–H and O–H groups in total. The van der Waals surface area contributed by atoms with Crippen LogP contribution in [0, 0.1) is 6.92 Å². The van der Waals surface area contributed by atoms with Gasteiger partial charge in [0, 0.05) is 0 Å². The maximum atomic E-state index is 10.3. The van der Waals surface area contributed by atoms with Crippen molar-refractivity contribution in [2.45, 2.75) is 6.92 Å². The highest BCUT2D eigenvalue weighted by Gasteiger charge is 2.14. The highest BCUT2D eigenvalue weighted by atomic mass is 16.6. The Bertz CT molecular complexity index is 278. The highest BCUT2D eigenvalue weighted by molar-refractivity contribution is 5.82. The van der Waals surface area contributed by atoms with Gasteiger partial charge in [0.25, 0.3) is 0 Å². The average Bonchev–Trinajstić information content (AvgIpc) is 2.31. The Labute approximate surface area is 62.6 Å². The van der Waals surface area contributed by atoms with Gasteiger partial charge < -0.3 is 14.3 Å². The average molecular weight is 157 g/mol. The van der Waals surface area contributed by atoms with Gasteiger partial charge in [-0.2, -0.15) is 0 Å². The van der Waals surface area contributed by atoms with Crippen LogP contribution < -0.4 is 4.74 Å². The quantitative estimate of drug-likeness (QED) is 0.683. The van der Waals surface area contributed by atoms with Gasteiger partial charge in [-0.05, 0) is 6.92 Å². The first-order chi connectivity index (χ1) is 5.15. The molecule has 1 rings (SSSR count). The van der Waals surface area contributed by atoms with Crippen LogP contribution in [0.2, 0.25) is 0 Å². The lowest BCUT2D eigenvalue weighted by Gasteiger charge is -1.89. The zero-order chi connectivity index (χ0) is 8.43. The summed E-state index contributed by atoms with van der Waals surface area (Å²) in [4.78, 5) is 13.9. The van der Waals surface area contributed by atoms with Crippen molar-refractivity contribution in [1.82, 2.24) is 4.98 Å². The van der Waals surface area contributed by atoms with Gasteiger partial charge in [0.2, 0.25) is 0 Å². The van der Waals surface area contributed by atoms with Crippen LogP contribution in [-0.4, -0.2) is 23.2 Å². The fraction of sp³-hybridized carbons (Fsp3) is 0.333. The van der Waals surface area contributed by atoms with Crippen molar-refractivity contribution in [2.75, 3.05) is 7.11 Å². The molecule has 60 valence electrons. The molecule has 0 aliphatic rings. The van der Waals surface area contributed by atoms with Crippen LogP contribution in [0.1, 0.15) is 16.4 Å². The predicted molar refractivity (Wildman–Crippen MR) is 34.8 cm³/mol. The molecule has 5 heteroatoms. The normalized spacial score (nSPS) is 9.64. The number of nitrogens with zero attached hydrogens (tertiary/aromatic N) is 1. The summed E-state index contributed by atoms with van der Waals surface area (Å²) >= 11 is 0. The lowest BCUT2D eigenvalue weighted by Crippen LogP contribution is -1.95. The van der Waals surface area contributed by atoms with Crippen LogP contribution in [0.15, 0.2) is 4.42 Å². The molecular formula is C6H7NO4. The second-order valence-corrected chi connectivity index (χ2v) is 1.90. The number of aromatic carboxylic acids is 1. The largest absolute Gasteiger partial charge is 0.474 e. The molecule has 0 amide bonds. The maximum absolute atomic E-state index is 10.3. The first kappa shape index (κ1) is 7.59. The third kappa shape index (κ3) is 1.31. The Kier molecular flexibility index (Phi) is 1.80. The molecule has 5 nitrogen and oxygen atoms in total. The number of methoxy groups -OCH3 is 1. The van der Waals surface area contributed by atoms with Crippen LogP contribution in [0.4, 0.5) is 0 Å². The molecule has 1 aromatic heterocycles. The molecule has 0 bridgehead atoms. The highest BCUT2D eigenvalue weighted by Crippen LogP contribution is 2.17. The Hall–Kier alpha value is -1.52. The van der Waals surface area contributed by atoms with E-state index < -0.39 is 5.97 Å². The molecule has 0 fully saturated rings. The maximum Gasteiger partial charge on any atom is 0.392 e. The van der Waals surface area contributed by atoms with Gasteiger partial charge in [-0.3, -0.25) is 0 Å². The van der Waals surface area contributed by atoms with Crippen molar-refractivity contribution >= 4 is 5.97 Å². The van der Waals surface area contributed by atoms with Gasteiger partial charge in [0.1, 0.15) is 5.69 Å². The zero-order valence-corrected chi connectivity index (χ0v) is 6.12. The van der Waals surface area contributed by atoms with Crippen LogP contribution in [0.5, 0.6) is 5.95 Å². The van der Waals surface area contributed by atoms with E-state index in [0.717, 1.165) is 0 Å². The molecular weight excluding hydrogens is 150 g/mol. The number of aryl methyl sites for hydroxylation is 1. The zero-order valence-electron chi connectivity index (χ0n) is 6.12. The van der Waals surface area contributed by atoms with E-state index in [1.807, 2.05) is 0 Å². The third-order valence-electron chi connectivity index (χ3n) is 1.12. The molecule has 0 radical (unpaired) electrons. The Balaban J connectivity index is 3.05. The summed E-state index contributed by atoms with van der Waals surface area (Å²) < 4.78 is 9.38. The van der Waals surface area contributed by atoms with E-state index in [2.05, 4.69) is 9.72 Å². The van der Waals surface area contributed by atoms with E-state index in [1.165, 1.54) is 7.11 Å². The van der Waals surface area contributed by atoms with Gasteiger partial charge in [-0.1, -0.05) is 0 Å². The minimum atomic E-state index is -1.20. The van der Waals surface area contributed by atoms with E-state index in [9.17, 15) is 4.79 Å². The summed E-state index contributed by atoms with van der Waals surface area (Å²) in [6, 6.07) is 0. The minimum Gasteiger partial charge on any atom is -0.474 e. The molecule has 0 spiro atoms. The molecule has 0 aliphatic carbocycles. The number of oxazole rings is 1. The fourth-order valence-electron chi connectivity index (χ4n) is 0.663. The van der Waals surface area contributed by atoms with Crippen molar-refractivity contribution in [2.24, 2.45) is 0 Å². The molecule has 0 saturated carbocycles. The molecule has 0 saturated heterocycles. The van der Waals surface area contributed by atoms with E-state index in [-0.39, 0.29) is 11.8 Å². The van der Waals surface area contributed by atoms with E-state index in [1.54, 1.807) is 6.92 Å². The van der Waals surface area contributed by atoms with Crippen molar-refractivity contribution in [3.63, 3.8) is 0 Å². The summed E-state index contributed by atoms with van der Waals surface area (Å²) in [6.45, 7) is 1.61. The standard InChI is InChI=1S/C6H7NO4/c1-3-6(10-2)11-4(7-3)5(8)9/h1-2H3,(H,8,9). The van der Waals surface area contributed by atoms with Gasteiger partial charge in [0.15, 0.2) is 0 Å². The molecule has 1 aromatic rings. The van der Waals surface area contributed by atoms with Crippen molar-refractivity contribution in [3.8, 4) is 5.95 Å². The summed E-state index contributed by atoms with van der Waals surface area (Å²) in [5.41, 5.74) is 0.435. The minimum absolute atomic E-state index is 0.141. The number of carboxylic acids is 1. The number of rotatable bonds is 2. The summed E-state index contributed by atoms with van der Waals surface area (Å²) in [7, 11) is 1.39. The lowest BCUT2D eigenvalue weighted by molar-refractivity contribution is 0.0647. The Morgan fingerprint density at radius 3 is 2.64 bits per heavy atom. The predicted octanol–water partition coefficient (Wildman–Crippen LogP) is 0.690. The van der Waals surface area contributed by atoms with E-state index >= 15 is 0 Å². The number of hydrogen-bond donors (Lipinski definition) is 1. The summed E-state index contributed by atoms with van der Waals surface area (Å²) in [5, 5.41) is 8.41. The smallest absolute Gasteiger partial charge is 0.392 e. The van der Waals surface area contributed by atoms with Gasteiger partial charge >= 0.3 is 17.8 Å². The number of hydrogen-bond acceptors (Lipinski definition) is 4. The van der Waals surface area contributed by atoms with Crippen LogP contribution in [0.25, 0.3) is 0 Å². The number of aromatic nitrogens is 1.